The highest BCUT2D eigenvalue weighted by atomic mass is 16.6. The Bertz CT molecular complexity index is 436. The molecule has 1 atom stereocenters. The number of aromatic nitrogens is 1. The number of β-amino-alcohol motifs (C(OH)–C–C–N with tert-alkyl or cyclic N) is 1. The molecular formula is C11H15N3O3. The van der Waals surface area contributed by atoms with Crippen molar-refractivity contribution in [3.8, 4) is 0 Å². The fourth-order valence-corrected chi connectivity index (χ4v) is 2.06. The molecule has 1 N–H and O–H groups in total. The maximum Gasteiger partial charge on any atom is 0.274 e. The molecule has 92 valence electrons. The van der Waals surface area contributed by atoms with E-state index in [-0.39, 0.29) is 11.8 Å². The van der Waals surface area contributed by atoms with Crippen LogP contribution in [0.15, 0.2) is 12.1 Å². The van der Waals surface area contributed by atoms with Gasteiger partial charge in [-0.05, 0) is 19.8 Å². The summed E-state index contributed by atoms with van der Waals surface area (Å²) in [5.74, 6) is 0.579. The predicted molar refractivity (Wildman–Crippen MR) is 63.1 cm³/mol. The fourth-order valence-electron chi connectivity index (χ4n) is 2.06. The number of aliphatic hydroxyl groups excluding tert-OH is 1. The van der Waals surface area contributed by atoms with Crippen LogP contribution < -0.4 is 4.90 Å². The number of aliphatic hydroxyl groups is 1. The van der Waals surface area contributed by atoms with E-state index >= 15 is 0 Å². The van der Waals surface area contributed by atoms with Gasteiger partial charge < -0.3 is 10.0 Å². The van der Waals surface area contributed by atoms with Gasteiger partial charge in [0, 0.05) is 24.8 Å². The van der Waals surface area contributed by atoms with Gasteiger partial charge in [0.05, 0.1) is 17.1 Å². The Labute approximate surface area is 99.0 Å². The van der Waals surface area contributed by atoms with Crippen LogP contribution in [-0.2, 0) is 0 Å². The average molecular weight is 237 g/mol. The third-order valence-electron chi connectivity index (χ3n) is 2.86. The highest BCUT2D eigenvalue weighted by Gasteiger charge is 2.21. The summed E-state index contributed by atoms with van der Waals surface area (Å²) < 4.78 is 0. The van der Waals surface area contributed by atoms with Crippen molar-refractivity contribution in [1.82, 2.24) is 4.98 Å². The van der Waals surface area contributed by atoms with Crippen LogP contribution in [0.1, 0.15) is 18.5 Å². The summed E-state index contributed by atoms with van der Waals surface area (Å²) in [5.41, 5.74) is 0.668. The molecule has 1 fully saturated rings. The lowest BCUT2D eigenvalue weighted by atomic mass is 10.1. The minimum atomic E-state index is -0.418. The largest absolute Gasteiger partial charge is 0.391 e. The number of hydrogen-bond acceptors (Lipinski definition) is 5. The van der Waals surface area contributed by atoms with Crippen LogP contribution in [0.5, 0.6) is 0 Å². The molecular weight excluding hydrogens is 222 g/mol. The van der Waals surface area contributed by atoms with Gasteiger partial charge in [-0.3, -0.25) is 10.1 Å². The molecule has 1 aliphatic heterocycles. The van der Waals surface area contributed by atoms with E-state index in [1.165, 1.54) is 12.1 Å². The van der Waals surface area contributed by atoms with Gasteiger partial charge in [0.1, 0.15) is 5.82 Å². The Hall–Kier alpha value is -1.69. The minimum Gasteiger partial charge on any atom is -0.391 e. The third-order valence-corrected chi connectivity index (χ3v) is 2.86. The van der Waals surface area contributed by atoms with Crippen molar-refractivity contribution in [2.45, 2.75) is 25.9 Å². The van der Waals surface area contributed by atoms with Crippen LogP contribution in [0.2, 0.25) is 0 Å². The molecule has 0 spiro atoms. The summed E-state index contributed by atoms with van der Waals surface area (Å²) in [6.07, 6.45) is 1.29. The summed E-state index contributed by atoms with van der Waals surface area (Å²) in [6.45, 7) is 3.01. The number of rotatable bonds is 2. The molecule has 17 heavy (non-hydrogen) atoms. The van der Waals surface area contributed by atoms with E-state index in [9.17, 15) is 15.2 Å². The van der Waals surface area contributed by atoms with E-state index in [1.807, 2.05) is 4.90 Å². The lowest BCUT2D eigenvalue weighted by Gasteiger charge is -2.31. The number of anilines is 1. The number of aryl methyl sites for hydroxylation is 1. The Morgan fingerprint density at radius 3 is 3.00 bits per heavy atom. The summed E-state index contributed by atoms with van der Waals surface area (Å²) >= 11 is 0. The molecule has 6 nitrogen and oxygen atoms in total. The molecule has 0 aromatic carbocycles. The normalized spacial score (nSPS) is 20.4. The number of nitrogens with zero attached hydrogens (tertiary/aromatic N) is 3. The quantitative estimate of drug-likeness (QED) is 0.618. The van der Waals surface area contributed by atoms with Crippen LogP contribution in [0.3, 0.4) is 0 Å². The Kier molecular flexibility index (Phi) is 3.23. The molecule has 0 bridgehead atoms. The first-order chi connectivity index (χ1) is 8.06. The van der Waals surface area contributed by atoms with Crippen LogP contribution in [0.4, 0.5) is 11.5 Å². The smallest absolute Gasteiger partial charge is 0.274 e. The lowest BCUT2D eigenvalue weighted by Crippen LogP contribution is -2.38. The van der Waals surface area contributed by atoms with E-state index in [2.05, 4.69) is 4.98 Å². The number of pyridine rings is 1. The topological polar surface area (TPSA) is 79.5 Å². The van der Waals surface area contributed by atoms with Crippen LogP contribution in [0, 0.1) is 17.0 Å². The second kappa shape index (κ2) is 4.67. The molecule has 1 aromatic heterocycles. The number of nitro groups is 1. The van der Waals surface area contributed by atoms with Crippen molar-refractivity contribution in [3.63, 3.8) is 0 Å². The Morgan fingerprint density at radius 1 is 1.59 bits per heavy atom. The van der Waals surface area contributed by atoms with Crippen molar-refractivity contribution >= 4 is 11.5 Å². The SMILES string of the molecule is Cc1cc([N+](=O)[O-])cc(N2CCC[C@H](O)C2)n1. The van der Waals surface area contributed by atoms with Gasteiger partial charge in [0.2, 0.25) is 0 Å². The maximum absolute atomic E-state index is 10.8. The molecule has 6 heteroatoms. The van der Waals surface area contributed by atoms with Gasteiger partial charge in [0.15, 0.2) is 0 Å². The van der Waals surface area contributed by atoms with E-state index in [1.54, 1.807) is 6.92 Å². The van der Waals surface area contributed by atoms with Gasteiger partial charge in [-0.1, -0.05) is 0 Å². The lowest BCUT2D eigenvalue weighted by molar-refractivity contribution is -0.384. The average Bonchev–Trinajstić information content (AvgIpc) is 2.28. The molecule has 0 amide bonds. The third kappa shape index (κ3) is 2.71. The number of hydrogen-bond donors (Lipinski definition) is 1. The molecule has 1 aromatic rings. The summed E-state index contributed by atoms with van der Waals surface area (Å²) in [5, 5.41) is 20.3. The van der Waals surface area contributed by atoms with Crippen LogP contribution in [-0.4, -0.2) is 34.2 Å². The highest BCUT2D eigenvalue weighted by Crippen LogP contribution is 2.23. The first kappa shape index (κ1) is 11.8. The maximum atomic E-state index is 10.8. The first-order valence-electron chi connectivity index (χ1n) is 5.62. The van der Waals surface area contributed by atoms with Gasteiger partial charge in [0.25, 0.3) is 5.69 Å². The van der Waals surface area contributed by atoms with Crippen molar-refractivity contribution in [2.75, 3.05) is 18.0 Å². The molecule has 2 rings (SSSR count). The van der Waals surface area contributed by atoms with Gasteiger partial charge in [-0.25, -0.2) is 4.98 Å². The second-order valence-electron chi connectivity index (χ2n) is 4.32. The molecule has 0 aliphatic carbocycles. The van der Waals surface area contributed by atoms with Crippen LogP contribution in [0.25, 0.3) is 0 Å². The molecule has 1 saturated heterocycles. The summed E-state index contributed by atoms with van der Waals surface area (Å²) in [7, 11) is 0. The highest BCUT2D eigenvalue weighted by molar-refractivity contribution is 5.48. The molecule has 2 heterocycles. The second-order valence-corrected chi connectivity index (χ2v) is 4.32. The fraction of sp³-hybridized carbons (Fsp3) is 0.545. The zero-order valence-electron chi connectivity index (χ0n) is 9.67. The van der Waals surface area contributed by atoms with Crippen molar-refractivity contribution in [3.05, 3.63) is 27.9 Å². The van der Waals surface area contributed by atoms with Crippen molar-refractivity contribution in [2.24, 2.45) is 0 Å². The van der Waals surface area contributed by atoms with E-state index in [4.69, 9.17) is 0 Å². The van der Waals surface area contributed by atoms with Crippen molar-refractivity contribution in [1.29, 1.82) is 0 Å². The van der Waals surface area contributed by atoms with Gasteiger partial charge >= 0.3 is 0 Å². The van der Waals surface area contributed by atoms with Gasteiger partial charge in [-0.2, -0.15) is 0 Å². The summed E-state index contributed by atoms with van der Waals surface area (Å²) in [6, 6.07) is 2.91. The van der Waals surface area contributed by atoms with Crippen molar-refractivity contribution < 1.29 is 10.0 Å². The molecule has 0 radical (unpaired) electrons. The van der Waals surface area contributed by atoms with E-state index < -0.39 is 4.92 Å². The minimum absolute atomic E-state index is 0.0487. The van der Waals surface area contributed by atoms with E-state index in [0.717, 1.165) is 19.4 Å². The molecule has 0 unspecified atom stereocenters. The monoisotopic (exact) mass is 237 g/mol. The van der Waals surface area contributed by atoms with Crippen LogP contribution >= 0.6 is 0 Å². The molecule has 0 saturated carbocycles. The Morgan fingerprint density at radius 2 is 2.35 bits per heavy atom. The Balaban J connectivity index is 2.28. The zero-order valence-corrected chi connectivity index (χ0v) is 9.67. The first-order valence-corrected chi connectivity index (χ1v) is 5.62. The van der Waals surface area contributed by atoms with E-state index in [0.29, 0.717) is 18.1 Å². The number of piperidine rings is 1. The molecule has 1 aliphatic rings. The standard InChI is InChI=1S/C11H15N3O3/c1-8-5-9(14(16)17)6-11(12-8)13-4-2-3-10(15)7-13/h5-6,10,15H,2-4,7H2,1H3/t10-/m0/s1. The summed E-state index contributed by atoms with van der Waals surface area (Å²) in [4.78, 5) is 16.5. The zero-order chi connectivity index (χ0) is 12.4. The van der Waals surface area contributed by atoms with Gasteiger partial charge in [-0.15, -0.1) is 0 Å². The predicted octanol–water partition coefficient (Wildman–Crippen LogP) is 1.26.